The van der Waals surface area contributed by atoms with Gasteiger partial charge in [0.1, 0.15) is 10.6 Å². The number of fused-ring (bicyclic) bond motifs is 2. The van der Waals surface area contributed by atoms with Crippen LogP contribution in [0, 0.1) is 0 Å². The minimum Gasteiger partial charge on any atom is -0.496 e. The van der Waals surface area contributed by atoms with Gasteiger partial charge in [-0.15, -0.1) is 11.3 Å². The van der Waals surface area contributed by atoms with Gasteiger partial charge in [0.05, 0.1) is 24.9 Å². The van der Waals surface area contributed by atoms with E-state index in [2.05, 4.69) is 0 Å². The molecule has 2 amide bonds. The van der Waals surface area contributed by atoms with E-state index in [1.54, 1.807) is 61.5 Å². The highest BCUT2D eigenvalue weighted by Gasteiger charge is 2.64. The van der Waals surface area contributed by atoms with E-state index in [0.717, 1.165) is 9.01 Å². The smallest absolute Gasteiger partial charge is 0.490 e. The zero-order valence-corrected chi connectivity index (χ0v) is 28.4. The molecule has 1 fully saturated rings. The third-order valence-electron chi connectivity index (χ3n) is 8.20. The van der Waals surface area contributed by atoms with Crippen LogP contribution in [0.2, 0.25) is 5.02 Å². The third-order valence-corrected chi connectivity index (χ3v) is 11.3. The number of sulfonamides is 1. The summed E-state index contributed by atoms with van der Waals surface area (Å²) in [5, 5.41) is 20.3. The number of likely N-dealkylation sites (N-methyl/N-ethyl adjacent to an activating group) is 1. The first-order chi connectivity index (χ1) is 23.0. The van der Waals surface area contributed by atoms with E-state index in [1.165, 1.54) is 40.9 Å². The monoisotopic (exact) mass is 739 g/mol. The number of alkyl halides is 3. The highest BCUT2D eigenvalue weighted by molar-refractivity contribution is 7.94. The van der Waals surface area contributed by atoms with Crippen LogP contribution in [0.5, 0.6) is 5.75 Å². The Labute approximate surface area is 287 Å². The number of amides is 2. The first kappa shape index (κ1) is 36.1. The summed E-state index contributed by atoms with van der Waals surface area (Å²) in [5.41, 5.74) is -1.15. The van der Waals surface area contributed by atoms with Gasteiger partial charge in [0.2, 0.25) is 5.91 Å². The molecule has 3 aromatic carbocycles. The molecule has 0 saturated carbocycles. The standard InChI is InChI=1S/C30H28ClN3O6S2.C2HF3O2/c1-32(2)28(36)24-15-19(35)16-33(24)30(21-9-5-6-10-25(21)40-3)22-14-18(31)12-13-23(22)34(29(30)37)42(38,39)27-17-41-26-11-7-4-8-20(26)27;3-2(4,5)1(6)7/h4-14,17,19,24,35H,15-16H2,1-3H3;(H,6,7)/t19-,24+,30?;/m1./s1. The summed E-state index contributed by atoms with van der Waals surface area (Å²) in [6.07, 6.45) is -5.98. The molecule has 6 rings (SSSR count). The number of benzene rings is 3. The van der Waals surface area contributed by atoms with Gasteiger partial charge in [0.25, 0.3) is 15.9 Å². The Morgan fingerprint density at radius 1 is 1.06 bits per heavy atom. The van der Waals surface area contributed by atoms with Gasteiger partial charge in [0, 0.05) is 52.3 Å². The number of hydrogen-bond donors (Lipinski definition) is 2. The number of β-amino-alcohol motifs (C(OH)–C–C–N with tert-alkyl or cyclic N) is 1. The van der Waals surface area contributed by atoms with Crippen molar-refractivity contribution in [3.8, 4) is 5.75 Å². The maximum absolute atomic E-state index is 15.2. The van der Waals surface area contributed by atoms with Crippen LogP contribution in [0.25, 0.3) is 10.1 Å². The molecule has 17 heteroatoms. The fourth-order valence-electron chi connectivity index (χ4n) is 6.19. The van der Waals surface area contributed by atoms with Crippen LogP contribution in [0.3, 0.4) is 0 Å². The average Bonchev–Trinajstić information content (AvgIpc) is 3.73. The molecular formula is C32H29ClF3N3O8S2. The Morgan fingerprint density at radius 3 is 2.33 bits per heavy atom. The molecule has 1 aromatic heterocycles. The van der Waals surface area contributed by atoms with Crippen molar-refractivity contribution in [1.82, 2.24) is 9.80 Å². The molecule has 2 aliphatic heterocycles. The summed E-state index contributed by atoms with van der Waals surface area (Å²) in [6, 6.07) is 17.6. The predicted molar refractivity (Wildman–Crippen MR) is 175 cm³/mol. The van der Waals surface area contributed by atoms with E-state index in [0.29, 0.717) is 16.7 Å². The van der Waals surface area contributed by atoms with Crippen LogP contribution in [0.4, 0.5) is 18.9 Å². The molecule has 260 valence electrons. The number of anilines is 1. The van der Waals surface area contributed by atoms with Crippen molar-refractivity contribution < 1.29 is 50.9 Å². The molecule has 0 spiro atoms. The molecule has 0 bridgehead atoms. The summed E-state index contributed by atoms with van der Waals surface area (Å²) >= 11 is 7.80. The first-order valence-corrected chi connectivity index (χ1v) is 17.1. The highest BCUT2D eigenvalue weighted by Crippen LogP contribution is 2.55. The largest absolute Gasteiger partial charge is 0.496 e. The lowest BCUT2D eigenvalue weighted by Crippen LogP contribution is -2.59. The fourth-order valence-corrected chi connectivity index (χ4v) is 9.30. The number of carbonyl (C=O) groups excluding carboxylic acids is 2. The van der Waals surface area contributed by atoms with Gasteiger partial charge in [0.15, 0.2) is 5.54 Å². The zero-order valence-electron chi connectivity index (χ0n) is 26.0. The topological polar surface area (TPSA) is 145 Å². The lowest BCUT2D eigenvalue weighted by atomic mass is 9.80. The van der Waals surface area contributed by atoms with Crippen LogP contribution in [0.1, 0.15) is 17.5 Å². The Balaban J connectivity index is 0.000000606. The number of thiophene rings is 1. The van der Waals surface area contributed by atoms with Gasteiger partial charge in [-0.3, -0.25) is 14.5 Å². The van der Waals surface area contributed by atoms with Crippen molar-refractivity contribution in [1.29, 1.82) is 0 Å². The van der Waals surface area contributed by atoms with Gasteiger partial charge in [-0.1, -0.05) is 48.0 Å². The number of methoxy groups -OCH3 is 1. The van der Waals surface area contributed by atoms with E-state index in [4.69, 9.17) is 26.2 Å². The SMILES string of the molecule is COc1ccccc1C1(N2C[C@H](O)C[C@H]2C(=O)N(C)C)C(=O)N(S(=O)(=O)c2csc3ccccc23)c2ccc(Cl)cc21.O=C(O)C(F)(F)F. The molecule has 0 radical (unpaired) electrons. The number of carboxylic acid groups (broad SMARTS) is 1. The normalized spacial score (nSPS) is 20.9. The number of halogens is 4. The number of aliphatic hydroxyl groups is 1. The summed E-state index contributed by atoms with van der Waals surface area (Å²) in [6.45, 7) is -0.0741. The van der Waals surface area contributed by atoms with Gasteiger partial charge < -0.3 is 19.8 Å². The maximum atomic E-state index is 15.2. The minimum atomic E-state index is -5.08. The molecule has 11 nitrogen and oxygen atoms in total. The number of aliphatic carboxylic acids is 1. The van der Waals surface area contributed by atoms with Crippen molar-refractivity contribution in [3.63, 3.8) is 0 Å². The lowest BCUT2D eigenvalue weighted by Gasteiger charge is -2.42. The van der Waals surface area contributed by atoms with Crippen molar-refractivity contribution in [2.75, 3.05) is 32.1 Å². The van der Waals surface area contributed by atoms with Crippen LogP contribution in [-0.4, -0.2) is 92.3 Å². The Bertz CT molecular complexity index is 2060. The highest BCUT2D eigenvalue weighted by atomic mass is 35.5. The number of nitrogens with zero attached hydrogens (tertiary/aromatic N) is 3. The van der Waals surface area contributed by atoms with Crippen molar-refractivity contribution in [2.24, 2.45) is 0 Å². The van der Waals surface area contributed by atoms with E-state index in [1.807, 2.05) is 12.1 Å². The van der Waals surface area contributed by atoms with Gasteiger partial charge in [-0.25, -0.2) is 17.5 Å². The predicted octanol–water partition coefficient (Wildman–Crippen LogP) is 4.70. The average molecular weight is 740 g/mol. The van der Waals surface area contributed by atoms with Gasteiger partial charge >= 0.3 is 12.1 Å². The number of ether oxygens (including phenoxy) is 1. The number of rotatable bonds is 6. The van der Waals surface area contributed by atoms with Crippen LogP contribution in [-0.2, 0) is 29.9 Å². The molecule has 2 aliphatic rings. The van der Waals surface area contributed by atoms with E-state index in [9.17, 15) is 31.5 Å². The number of carboxylic acids is 1. The summed E-state index contributed by atoms with van der Waals surface area (Å²) in [7, 11) is 0.185. The third kappa shape index (κ3) is 6.12. The molecule has 2 N–H and O–H groups in total. The molecular weight excluding hydrogens is 711 g/mol. The number of aliphatic hydroxyl groups excluding tert-OH is 1. The molecule has 3 atom stereocenters. The number of hydrogen-bond acceptors (Lipinski definition) is 9. The molecule has 1 unspecified atom stereocenters. The molecule has 1 saturated heterocycles. The van der Waals surface area contributed by atoms with Crippen LogP contribution >= 0.6 is 22.9 Å². The maximum Gasteiger partial charge on any atom is 0.490 e. The number of para-hydroxylation sites is 1. The van der Waals surface area contributed by atoms with Gasteiger partial charge in [-0.05, 0) is 36.8 Å². The fraction of sp³-hybridized carbons (Fsp3) is 0.281. The Hall–Kier alpha value is -4.22. The van der Waals surface area contributed by atoms with E-state index < -0.39 is 45.8 Å². The Morgan fingerprint density at radius 2 is 1.69 bits per heavy atom. The van der Waals surface area contributed by atoms with Crippen molar-refractivity contribution in [2.45, 2.75) is 35.2 Å². The van der Waals surface area contributed by atoms with Crippen LogP contribution in [0.15, 0.2) is 77.0 Å². The number of likely N-dealkylation sites (tertiary alicyclic amines) is 1. The second-order valence-corrected chi connectivity index (χ2v) is 14.4. The summed E-state index contributed by atoms with van der Waals surface area (Å²) < 4.78 is 68.1. The second kappa shape index (κ2) is 13.2. The van der Waals surface area contributed by atoms with Crippen LogP contribution < -0.4 is 9.04 Å². The quantitative estimate of drug-likeness (QED) is 0.288. The molecule has 49 heavy (non-hydrogen) atoms. The summed E-state index contributed by atoms with van der Waals surface area (Å²) in [4.78, 5) is 40.6. The second-order valence-electron chi connectivity index (χ2n) is 11.3. The van der Waals surface area contributed by atoms with Gasteiger partial charge in [-0.2, -0.15) is 13.2 Å². The van der Waals surface area contributed by atoms with Crippen molar-refractivity contribution in [3.05, 3.63) is 88.3 Å². The minimum absolute atomic E-state index is 0.00412. The summed E-state index contributed by atoms with van der Waals surface area (Å²) in [5.74, 6) is -3.59. The zero-order chi connectivity index (χ0) is 36.1. The molecule has 0 aliphatic carbocycles. The molecule has 3 heterocycles. The Kier molecular flexibility index (Phi) is 9.75. The number of carbonyl (C=O) groups is 3. The lowest BCUT2D eigenvalue weighted by molar-refractivity contribution is -0.192. The molecule has 4 aromatic rings. The van der Waals surface area contributed by atoms with E-state index in [-0.39, 0.29) is 40.0 Å². The first-order valence-electron chi connectivity index (χ1n) is 14.4. The van der Waals surface area contributed by atoms with E-state index >= 15 is 4.79 Å². The van der Waals surface area contributed by atoms with Crippen molar-refractivity contribution >= 4 is 66.5 Å².